The van der Waals surface area contributed by atoms with Gasteiger partial charge < -0.3 is 10.3 Å². The zero-order valence-corrected chi connectivity index (χ0v) is 10.2. The molecule has 0 radical (unpaired) electrons. The average Bonchev–Trinajstić information content (AvgIpc) is 2.98. The molecule has 0 amide bonds. The van der Waals surface area contributed by atoms with Crippen LogP contribution in [0.5, 0.6) is 0 Å². The van der Waals surface area contributed by atoms with Gasteiger partial charge in [0.2, 0.25) is 0 Å². The van der Waals surface area contributed by atoms with Crippen LogP contribution in [0.25, 0.3) is 0 Å². The molecule has 0 spiro atoms. The number of hydrogen-bond donors (Lipinski definition) is 3. The molecule has 1 fully saturated rings. The highest BCUT2D eigenvalue weighted by molar-refractivity contribution is 5.87. The molecular formula is C14H15NO4. The van der Waals surface area contributed by atoms with Gasteiger partial charge >= 0.3 is 5.97 Å². The number of carbonyl (C=O) groups is 1. The lowest BCUT2D eigenvalue weighted by Crippen LogP contribution is -3.10. The first-order chi connectivity index (χ1) is 9.08. The van der Waals surface area contributed by atoms with Gasteiger partial charge in [-0.3, -0.25) is 0 Å². The van der Waals surface area contributed by atoms with Crippen molar-refractivity contribution in [2.75, 3.05) is 0 Å². The number of hydrogen-bond acceptors (Lipinski definition) is 3. The summed E-state index contributed by atoms with van der Waals surface area (Å²) in [7, 11) is 0. The summed E-state index contributed by atoms with van der Waals surface area (Å²) in [5.41, 5.74) is 1.16. The number of benzene rings is 1. The average molecular weight is 261 g/mol. The topological polar surface area (TPSA) is 85.0 Å². The molecular weight excluding hydrogens is 246 g/mol. The van der Waals surface area contributed by atoms with E-state index in [1.165, 1.54) is 0 Å². The van der Waals surface area contributed by atoms with Crippen LogP contribution in [0.4, 0.5) is 0 Å². The monoisotopic (exact) mass is 261 g/mol. The van der Waals surface area contributed by atoms with Crippen molar-refractivity contribution in [3.8, 4) is 0 Å². The Morgan fingerprint density at radius 3 is 2.42 bits per heavy atom. The Balaban J connectivity index is 1.92. The molecule has 3 rings (SSSR count). The lowest BCUT2D eigenvalue weighted by Gasteiger charge is -2.32. The Labute approximate surface area is 110 Å². The van der Waals surface area contributed by atoms with Gasteiger partial charge in [-0.15, -0.1) is 0 Å². The number of hydroxylamine groups is 2. The molecule has 3 N–H and O–H groups in total. The van der Waals surface area contributed by atoms with Crippen LogP contribution < -0.4 is 5.23 Å². The zero-order valence-electron chi connectivity index (χ0n) is 10.2. The number of quaternary nitrogens is 1. The molecule has 5 atom stereocenters. The molecule has 2 aliphatic rings. The van der Waals surface area contributed by atoms with Crippen molar-refractivity contribution in [1.82, 2.24) is 0 Å². The number of carboxylic acids is 1. The van der Waals surface area contributed by atoms with Crippen LogP contribution in [0.1, 0.15) is 28.3 Å². The van der Waals surface area contributed by atoms with E-state index in [1.807, 2.05) is 6.08 Å². The van der Waals surface area contributed by atoms with Crippen LogP contribution in [-0.2, 0) is 0 Å². The number of allylic oxidation sites excluding steroid dienone is 1. The number of rotatable bonds is 3. The van der Waals surface area contributed by atoms with Crippen LogP contribution >= 0.6 is 0 Å². The fourth-order valence-electron chi connectivity index (χ4n) is 3.46. The minimum absolute atomic E-state index is 0.0321. The summed E-state index contributed by atoms with van der Waals surface area (Å²) in [5.74, 6) is -0.613. The molecule has 0 aliphatic heterocycles. The van der Waals surface area contributed by atoms with E-state index in [2.05, 4.69) is 6.08 Å². The third-order valence-corrected chi connectivity index (χ3v) is 4.29. The van der Waals surface area contributed by atoms with Crippen molar-refractivity contribution in [2.24, 2.45) is 11.8 Å². The van der Waals surface area contributed by atoms with Crippen molar-refractivity contribution in [2.45, 2.75) is 18.4 Å². The first-order valence-corrected chi connectivity index (χ1v) is 6.32. The number of carboxylic acid groups (broad SMARTS) is 1. The van der Waals surface area contributed by atoms with E-state index in [-0.39, 0.29) is 29.4 Å². The first-order valence-electron chi connectivity index (χ1n) is 6.32. The number of fused-ring (bicyclic) bond motifs is 2. The van der Waals surface area contributed by atoms with E-state index in [4.69, 9.17) is 5.11 Å². The Bertz CT molecular complexity index is 523. The van der Waals surface area contributed by atoms with Gasteiger partial charge in [0.25, 0.3) is 0 Å². The maximum atomic E-state index is 11.4. The molecule has 5 unspecified atom stereocenters. The lowest BCUT2D eigenvalue weighted by atomic mass is 9.83. The van der Waals surface area contributed by atoms with Gasteiger partial charge in [0.15, 0.2) is 0 Å². The molecule has 0 heterocycles. The second-order valence-electron chi connectivity index (χ2n) is 5.27. The SMILES string of the molecule is O=C(O)c1ccc(C2C3C=CC(C3)C2[NH+]([O-])O)cc1. The first kappa shape index (κ1) is 12.3. The van der Waals surface area contributed by atoms with Crippen LogP contribution in [0, 0.1) is 17.0 Å². The zero-order chi connectivity index (χ0) is 13.6. The van der Waals surface area contributed by atoms with E-state index >= 15 is 0 Å². The van der Waals surface area contributed by atoms with Crippen molar-refractivity contribution >= 4 is 5.97 Å². The maximum absolute atomic E-state index is 11.4. The Kier molecular flexibility index (Phi) is 2.89. The van der Waals surface area contributed by atoms with Crippen molar-refractivity contribution in [3.05, 3.63) is 52.8 Å². The molecule has 0 aromatic heterocycles. The van der Waals surface area contributed by atoms with Crippen LogP contribution in [0.15, 0.2) is 36.4 Å². The van der Waals surface area contributed by atoms with Crippen LogP contribution in [0.2, 0.25) is 0 Å². The number of aromatic carboxylic acids is 1. The second-order valence-corrected chi connectivity index (χ2v) is 5.27. The van der Waals surface area contributed by atoms with Gasteiger partial charge in [-0.1, -0.05) is 24.3 Å². The highest BCUT2D eigenvalue weighted by Gasteiger charge is 2.49. The largest absolute Gasteiger partial charge is 0.600 e. The summed E-state index contributed by atoms with van der Waals surface area (Å²) in [6.07, 6.45) is 4.99. The Hall–Kier alpha value is -1.69. The van der Waals surface area contributed by atoms with E-state index in [9.17, 15) is 15.2 Å². The van der Waals surface area contributed by atoms with E-state index in [0.717, 1.165) is 12.0 Å². The Morgan fingerprint density at radius 2 is 1.84 bits per heavy atom. The summed E-state index contributed by atoms with van der Waals surface area (Å²) < 4.78 is 0. The van der Waals surface area contributed by atoms with Crippen molar-refractivity contribution in [3.63, 3.8) is 0 Å². The summed E-state index contributed by atoms with van der Waals surface area (Å²) >= 11 is 0. The van der Waals surface area contributed by atoms with Gasteiger partial charge in [0.05, 0.1) is 5.56 Å². The van der Waals surface area contributed by atoms with Crippen LogP contribution in [-0.4, -0.2) is 22.3 Å². The predicted molar refractivity (Wildman–Crippen MR) is 66.8 cm³/mol. The standard InChI is InChI=1S/C14H15NO4/c16-14(17)9-3-1-8(2-4-9)12-10-5-6-11(7-10)13(12)15(18)19/h1-6,10-13,15,18H,7H2,(H,16,17). The molecule has 5 heteroatoms. The van der Waals surface area contributed by atoms with E-state index in [1.54, 1.807) is 24.3 Å². The van der Waals surface area contributed by atoms with Gasteiger partial charge in [-0.05, 0) is 30.0 Å². The molecule has 1 saturated carbocycles. The second kappa shape index (κ2) is 4.45. The van der Waals surface area contributed by atoms with Gasteiger partial charge in [-0.25, -0.2) is 15.2 Å². The summed E-state index contributed by atoms with van der Waals surface area (Å²) in [6, 6.07) is 6.21. The summed E-state index contributed by atoms with van der Waals surface area (Å²) in [5, 5.41) is 28.9. The van der Waals surface area contributed by atoms with Crippen molar-refractivity contribution < 1.29 is 20.3 Å². The third-order valence-electron chi connectivity index (χ3n) is 4.29. The van der Waals surface area contributed by atoms with Crippen molar-refractivity contribution in [1.29, 1.82) is 0 Å². The minimum Gasteiger partial charge on any atom is -0.600 e. The predicted octanol–water partition coefficient (Wildman–Crippen LogP) is 0.815. The molecule has 2 bridgehead atoms. The van der Waals surface area contributed by atoms with Gasteiger partial charge in [-0.2, -0.15) is 0 Å². The fraction of sp³-hybridized carbons (Fsp3) is 0.357. The number of nitrogens with one attached hydrogen (secondary N) is 1. The van der Waals surface area contributed by atoms with Gasteiger partial charge in [0, 0.05) is 11.8 Å². The van der Waals surface area contributed by atoms with Crippen LogP contribution in [0.3, 0.4) is 0 Å². The molecule has 2 aliphatic carbocycles. The molecule has 5 nitrogen and oxygen atoms in total. The lowest BCUT2D eigenvalue weighted by molar-refractivity contribution is -1.07. The smallest absolute Gasteiger partial charge is 0.335 e. The fourth-order valence-corrected chi connectivity index (χ4v) is 3.46. The molecule has 0 saturated heterocycles. The minimum atomic E-state index is -0.964. The van der Waals surface area contributed by atoms with E-state index in [0.29, 0.717) is 0 Å². The highest BCUT2D eigenvalue weighted by atomic mass is 16.8. The molecule has 1 aromatic rings. The summed E-state index contributed by atoms with van der Waals surface area (Å²) in [6.45, 7) is 0. The third kappa shape index (κ3) is 1.96. The summed E-state index contributed by atoms with van der Waals surface area (Å²) in [4.78, 5) is 10.8. The van der Waals surface area contributed by atoms with Gasteiger partial charge in [0.1, 0.15) is 6.04 Å². The Morgan fingerprint density at radius 1 is 1.21 bits per heavy atom. The molecule has 19 heavy (non-hydrogen) atoms. The molecule has 1 aromatic carbocycles. The highest BCUT2D eigenvalue weighted by Crippen LogP contribution is 2.47. The molecule has 100 valence electrons. The quantitative estimate of drug-likeness (QED) is 0.555. The normalized spacial score (nSPS) is 33.6. The maximum Gasteiger partial charge on any atom is 0.335 e. The van der Waals surface area contributed by atoms with E-state index < -0.39 is 11.2 Å².